The van der Waals surface area contributed by atoms with Gasteiger partial charge in [0.2, 0.25) is 0 Å². The van der Waals surface area contributed by atoms with Crippen molar-refractivity contribution in [2.75, 3.05) is 24.6 Å². The van der Waals surface area contributed by atoms with Gasteiger partial charge in [-0.1, -0.05) is 6.92 Å². The molecule has 0 aliphatic heterocycles. The van der Waals surface area contributed by atoms with Crippen molar-refractivity contribution in [1.82, 2.24) is 0 Å². The summed E-state index contributed by atoms with van der Waals surface area (Å²) in [4.78, 5) is 0. The summed E-state index contributed by atoms with van der Waals surface area (Å²) in [6.07, 6.45) is 30.1. The van der Waals surface area contributed by atoms with Crippen LogP contribution in [0.5, 0.6) is 0 Å². The van der Waals surface area contributed by atoms with Gasteiger partial charge in [-0.2, -0.15) is 0 Å². The van der Waals surface area contributed by atoms with Crippen molar-refractivity contribution in [3.05, 3.63) is 0 Å². The van der Waals surface area contributed by atoms with E-state index in [1.165, 1.54) is 96.3 Å². The number of hydrogen-bond donors (Lipinski definition) is 0. The number of hydrogen-bond acceptors (Lipinski definition) is 0. The zero-order chi connectivity index (χ0) is 18.6. The van der Waals surface area contributed by atoms with Crippen LogP contribution in [-0.4, -0.2) is 24.6 Å². The van der Waals surface area contributed by atoms with E-state index in [-0.39, 0.29) is 0 Å². The molecule has 0 amide bonds. The minimum atomic E-state index is -0.932. The van der Waals surface area contributed by atoms with Gasteiger partial charge in [-0.25, -0.2) is 0 Å². The molecule has 0 N–H and O–H groups in total. The molecular formula is C24H53P. The Bertz CT molecular complexity index is 240. The third-order valence-corrected chi connectivity index (χ3v) is 12.0. The predicted octanol–water partition coefficient (Wildman–Crippen LogP) is 9.06. The second-order valence-corrected chi connectivity index (χ2v) is 13.7. The van der Waals surface area contributed by atoms with Crippen LogP contribution in [0.4, 0.5) is 0 Å². The molecule has 25 heavy (non-hydrogen) atoms. The Morgan fingerprint density at radius 1 is 0.320 bits per heavy atom. The van der Waals surface area contributed by atoms with Gasteiger partial charge in [0.15, 0.2) is 0 Å². The van der Waals surface area contributed by atoms with E-state index >= 15 is 0 Å². The molecule has 0 aliphatic carbocycles. The molecule has 154 valence electrons. The topological polar surface area (TPSA) is 0 Å². The Kier molecular flexibility index (Phi) is 19.5. The van der Waals surface area contributed by atoms with Gasteiger partial charge in [0.25, 0.3) is 0 Å². The second kappa shape index (κ2) is 19.2. The monoisotopic (exact) mass is 372 g/mol. The Hall–Kier alpha value is 0.430. The summed E-state index contributed by atoms with van der Waals surface area (Å²) in [7, 11) is -0.932. The van der Waals surface area contributed by atoms with Crippen LogP contribution in [0, 0.1) is 0 Å². The molecule has 0 saturated heterocycles. The Labute approximate surface area is 162 Å². The molecule has 0 aliphatic rings. The standard InChI is InChI=1S/C24H53P/c1-5-9-12-13-14-15-16-17-18-19-20-24-25(21-8-4,22-10-6-2)23-11-7-3/h25H,5-24H2,1-4H3. The fraction of sp³-hybridized carbons (Fsp3) is 1.00. The van der Waals surface area contributed by atoms with Crippen LogP contribution < -0.4 is 0 Å². The van der Waals surface area contributed by atoms with Gasteiger partial charge in [-0.15, -0.1) is 0 Å². The first-order valence-electron chi connectivity index (χ1n) is 12.2. The zero-order valence-electron chi connectivity index (χ0n) is 18.6. The van der Waals surface area contributed by atoms with E-state index in [0.717, 1.165) is 0 Å². The van der Waals surface area contributed by atoms with E-state index in [4.69, 9.17) is 0 Å². The van der Waals surface area contributed by atoms with Gasteiger partial charge in [0.1, 0.15) is 0 Å². The van der Waals surface area contributed by atoms with Gasteiger partial charge in [-0.05, 0) is 0 Å². The van der Waals surface area contributed by atoms with E-state index in [2.05, 4.69) is 27.7 Å². The Balaban J connectivity index is 3.84. The normalized spacial score (nSPS) is 12.6. The summed E-state index contributed by atoms with van der Waals surface area (Å²) in [5, 5.41) is 0. The van der Waals surface area contributed by atoms with Crippen LogP contribution in [0.15, 0.2) is 0 Å². The van der Waals surface area contributed by atoms with Gasteiger partial charge in [-0.3, -0.25) is 0 Å². The summed E-state index contributed by atoms with van der Waals surface area (Å²) in [5.74, 6) is 0. The van der Waals surface area contributed by atoms with E-state index in [1.807, 2.05) is 0 Å². The molecule has 0 aromatic heterocycles. The van der Waals surface area contributed by atoms with Crippen molar-refractivity contribution in [3.63, 3.8) is 0 Å². The van der Waals surface area contributed by atoms with E-state index in [0.29, 0.717) is 0 Å². The molecule has 0 aromatic rings. The van der Waals surface area contributed by atoms with Gasteiger partial charge in [0.05, 0.1) is 0 Å². The van der Waals surface area contributed by atoms with Gasteiger partial charge in [0, 0.05) is 0 Å². The van der Waals surface area contributed by atoms with Crippen molar-refractivity contribution in [2.45, 2.75) is 130 Å². The average Bonchev–Trinajstić information content (AvgIpc) is 2.63. The van der Waals surface area contributed by atoms with Crippen molar-refractivity contribution in [2.24, 2.45) is 0 Å². The molecule has 0 aromatic carbocycles. The van der Waals surface area contributed by atoms with Crippen LogP contribution in [-0.2, 0) is 0 Å². The molecule has 1 heteroatoms. The molecule has 0 unspecified atom stereocenters. The van der Waals surface area contributed by atoms with Crippen LogP contribution in [0.2, 0.25) is 0 Å². The molecule has 0 saturated carbocycles. The van der Waals surface area contributed by atoms with Crippen molar-refractivity contribution < 1.29 is 0 Å². The van der Waals surface area contributed by atoms with E-state index in [9.17, 15) is 0 Å². The molecule has 0 radical (unpaired) electrons. The first kappa shape index (κ1) is 25.4. The molecule has 0 fully saturated rings. The molecule has 0 heterocycles. The van der Waals surface area contributed by atoms with Crippen molar-refractivity contribution in [1.29, 1.82) is 0 Å². The van der Waals surface area contributed by atoms with Crippen LogP contribution >= 0.6 is 7.26 Å². The quantitative estimate of drug-likeness (QED) is 0.148. The average molecular weight is 373 g/mol. The van der Waals surface area contributed by atoms with E-state index < -0.39 is 7.26 Å². The van der Waals surface area contributed by atoms with Gasteiger partial charge < -0.3 is 0 Å². The summed E-state index contributed by atoms with van der Waals surface area (Å²) >= 11 is 0. The zero-order valence-corrected chi connectivity index (χ0v) is 19.6. The Morgan fingerprint density at radius 3 is 1.08 bits per heavy atom. The van der Waals surface area contributed by atoms with Crippen molar-refractivity contribution in [3.8, 4) is 0 Å². The first-order valence-corrected chi connectivity index (χ1v) is 15.1. The Morgan fingerprint density at radius 2 is 0.680 bits per heavy atom. The SMILES string of the molecule is CCCCCCCCCCCCC[PH](CCC)(CCCC)CCCC. The molecule has 0 nitrogen and oxygen atoms in total. The molecule has 0 bridgehead atoms. The number of rotatable bonds is 20. The predicted molar refractivity (Wildman–Crippen MR) is 124 cm³/mol. The maximum atomic E-state index is 2.43. The van der Waals surface area contributed by atoms with Crippen LogP contribution in [0.1, 0.15) is 130 Å². The van der Waals surface area contributed by atoms with Crippen molar-refractivity contribution >= 4 is 7.26 Å². The third kappa shape index (κ3) is 15.2. The minimum absolute atomic E-state index is 0.932. The molecule has 0 spiro atoms. The maximum absolute atomic E-state index is 2.43. The van der Waals surface area contributed by atoms with Gasteiger partial charge >= 0.3 is 155 Å². The molecule has 0 atom stereocenters. The fourth-order valence-corrected chi connectivity index (χ4v) is 10.3. The van der Waals surface area contributed by atoms with E-state index in [1.54, 1.807) is 31.1 Å². The summed E-state index contributed by atoms with van der Waals surface area (Å²) < 4.78 is 0. The van der Waals surface area contributed by atoms with Crippen LogP contribution in [0.3, 0.4) is 0 Å². The third-order valence-electron chi connectivity index (χ3n) is 6.21. The summed E-state index contributed by atoms with van der Waals surface area (Å²) in [5.41, 5.74) is 0. The summed E-state index contributed by atoms with van der Waals surface area (Å²) in [6.45, 7) is 9.50. The number of unbranched alkanes of at least 4 members (excludes halogenated alkanes) is 12. The molecule has 0 rings (SSSR count). The summed E-state index contributed by atoms with van der Waals surface area (Å²) in [6, 6.07) is 0. The first-order chi connectivity index (χ1) is 12.2. The second-order valence-electron chi connectivity index (χ2n) is 8.74. The fourth-order valence-electron chi connectivity index (χ4n) is 4.55. The van der Waals surface area contributed by atoms with Crippen LogP contribution in [0.25, 0.3) is 0 Å². The molecular weight excluding hydrogens is 319 g/mol.